The van der Waals surface area contributed by atoms with E-state index in [4.69, 9.17) is 0 Å². The van der Waals surface area contributed by atoms with Crippen molar-refractivity contribution in [2.45, 2.75) is 64.8 Å². The number of carboxylic acids is 1. The van der Waals surface area contributed by atoms with Gasteiger partial charge in [-0.05, 0) is 12.5 Å². The van der Waals surface area contributed by atoms with Crippen LogP contribution in [0, 0.1) is 11.6 Å². The minimum absolute atomic E-state index is 0.108. The van der Waals surface area contributed by atoms with Crippen LogP contribution in [-0.4, -0.2) is 15.6 Å². The molecule has 1 heterocycles. The minimum Gasteiger partial charge on any atom is -0.477 e. The van der Waals surface area contributed by atoms with Crippen LogP contribution in [-0.2, 0) is 6.54 Å². The number of hydrogen-bond donors (Lipinski definition) is 1. The number of hydrogen-bond acceptors (Lipinski definition) is 2. The van der Waals surface area contributed by atoms with Crippen molar-refractivity contribution in [3.8, 4) is 0 Å². The van der Waals surface area contributed by atoms with Crippen molar-refractivity contribution in [2.75, 3.05) is 0 Å². The van der Waals surface area contributed by atoms with Crippen LogP contribution in [0.4, 0.5) is 8.78 Å². The maximum atomic E-state index is 13.6. The summed E-state index contributed by atoms with van der Waals surface area (Å²) in [5, 5.41) is 9.10. The minimum atomic E-state index is -1.37. The molecule has 1 aromatic heterocycles. The Kier molecular flexibility index (Phi) is 7.30. The van der Waals surface area contributed by atoms with Gasteiger partial charge in [-0.3, -0.25) is 4.79 Å². The Bertz CT molecular complexity index is 830. The number of aromatic carboxylic acids is 1. The van der Waals surface area contributed by atoms with Crippen LogP contribution in [0.1, 0.15) is 68.6 Å². The maximum Gasteiger partial charge on any atom is 0.341 e. The Hall–Kier alpha value is -2.24. The SMILES string of the molecule is CCCCCCCCCCn1cc(C(=O)O)c(=O)c2cc(F)c(F)cc21. The van der Waals surface area contributed by atoms with Gasteiger partial charge < -0.3 is 9.67 Å². The molecule has 142 valence electrons. The van der Waals surface area contributed by atoms with Gasteiger partial charge >= 0.3 is 5.97 Å². The van der Waals surface area contributed by atoms with Gasteiger partial charge in [0.1, 0.15) is 5.56 Å². The molecule has 0 fully saturated rings. The van der Waals surface area contributed by atoms with Crippen LogP contribution in [0.3, 0.4) is 0 Å². The predicted octanol–water partition coefficient (Wildman–Crippen LogP) is 5.12. The molecule has 4 nitrogen and oxygen atoms in total. The summed E-state index contributed by atoms with van der Waals surface area (Å²) in [5.41, 5.74) is -0.997. The average Bonchev–Trinajstić information content (AvgIpc) is 2.60. The fourth-order valence-corrected chi connectivity index (χ4v) is 3.14. The lowest BCUT2D eigenvalue weighted by Crippen LogP contribution is -2.19. The van der Waals surface area contributed by atoms with Crippen molar-refractivity contribution >= 4 is 16.9 Å². The molecule has 6 heteroatoms. The van der Waals surface area contributed by atoms with Gasteiger partial charge in [0.25, 0.3) is 0 Å². The summed E-state index contributed by atoms with van der Waals surface area (Å²) in [4.78, 5) is 23.5. The lowest BCUT2D eigenvalue weighted by atomic mass is 10.1. The number of nitrogens with zero attached hydrogens (tertiary/aromatic N) is 1. The lowest BCUT2D eigenvalue weighted by molar-refractivity contribution is 0.0695. The molecule has 0 aliphatic heterocycles. The third-order valence-corrected chi connectivity index (χ3v) is 4.61. The predicted molar refractivity (Wildman–Crippen MR) is 97.7 cm³/mol. The highest BCUT2D eigenvalue weighted by molar-refractivity contribution is 5.92. The molecule has 0 bridgehead atoms. The number of aryl methyl sites for hydroxylation is 1. The Morgan fingerprint density at radius 2 is 1.58 bits per heavy atom. The maximum absolute atomic E-state index is 13.6. The van der Waals surface area contributed by atoms with Gasteiger partial charge in [-0.1, -0.05) is 51.9 Å². The van der Waals surface area contributed by atoms with Gasteiger partial charge in [0.05, 0.1) is 5.52 Å². The van der Waals surface area contributed by atoms with Crippen molar-refractivity contribution in [3.05, 3.63) is 45.8 Å². The van der Waals surface area contributed by atoms with Crippen molar-refractivity contribution < 1.29 is 18.7 Å². The monoisotopic (exact) mass is 365 g/mol. The Morgan fingerprint density at radius 3 is 2.19 bits per heavy atom. The molecule has 0 saturated carbocycles. The van der Waals surface area contributed by atoms with Crippen molar-refractivity contribution in [1.29, 1.82) is 0 Å². The van der Waals surface area contributed by atoms with Crippen LogP contribution in [0.5, 0.6) is 0 Å². The van der Waals surface area contributed by atoms with Gasteiger partial charge in [-0.2, -0.15) is 0 Å². The van der Waals surface area contributed by atoms with Gasteiger partial charge in [-0.15, -0.1) is 0 Å². The number of carbonyl (C=O) groups is 1. The molecule has 1 aromatic carbocycles. The average molecular weight is 365 g/mol. The Labute approximate surface area is 151 Å². The van der Waals surface area contributed by atoms with Crippen LogP contribution in [0.15, 0.2) is 23.1 Å². The molecule has 0 radical (unpaired) electrons. The van der Waals surface area contributed by atoms with Crippen molar-refractivity contribution in [3.63, 3.8) is 0 Å². The van der Waals surface area contributed by atoms with E-state index in [0.29, 0.717) is 6.54 Å². The molecule has 0 atom stereocenters. The number of unbranched alkanes of at least 4 members (excludes halogenated alkanes) is 7. The molecule has 0 aliphatic carbocycles. The quantitative estimate of drug-likeness (QED) is 0.595. The molecule has 0 saturated heterocycles. The summed E-state index contributed by atoms with van der Waals surface area (Å²) in [5.74, 6) is -3.58. The number of carboxylic acid groups (broad SMARTS) is 1. The largest absolute Gasteiger partial charge is 0.477 e. The van der Waals surface area contributed by atoms with Crippen LogP contribution >= 0.6 is 0 Å². The number of rotatable bonds is 10. The van der Waals surface area contributed by atoms with Gasteiger partial charge in [-0.25, -0.2) is 13.6 Å². The summed E-state index contributed by atoms with van der Waals surface area (Å²) in [7, 11) is 0. The first kappa shape index (κ1) is 20.1. The van der Waals surface area contributed by atoms with E-state index in [9.17, 15) is 23.5 Å². The molecule has 0 aliphatic rings. The second-order valence-corrected chi connectivity index (χ2v) is 6.63. The van der Waals surface area contributed by atoms with Gasteiger partial charge in [0.15, 0.2) is 11.6 Å². The number of halogens is 2. The fourth-order valence-electron chi connectivity index (χ4n) is 3.14. The summed E-state index contributed by atoms with van der Waals surface area (Å²) < 4.78 is 28.6. The van der Waals surface area contributed by atoms with Crippen LogP contribution in [0.25, 0.3) is 10.9 Å². The zero-order chi connectivity index (χ0) is 19.1. The normalized spacial score (nSPS) is 11.2. The van der Waals surface area contributed by atoms with E-state index in [2.05, 4.69) is 6.92 Å². The smallest absolute Gasteiger partial charge is 0.341 e. The van der Waals surface area contributed by atoms with Gasteiger partial charge in [0.2, 0.25) is 5.43 Å². The Balaban J connectivity index is 2.13. The van der Waals surface area contributed by atoms with Gasteiger partial charge in [0, 0.05) is 24.2 Å². The van der Waals surface area contributed by atoms with Crippen molar-refractivity contribution in [1.82, 2.24) is 4.57 Å². The second kappa shape index (κ2) is 9.46. The highest BCUT2D eigenvalue weighted by Gasteiger charge is 2.16. The topological polar surface area (TPSA) is 59.3 Å². The van der Waals surface area contributed by atoms with E-state index in [0.717, 1.165) is 37.8 Å². The molecule has 1 N–H and O–H groups in total. The Morgan fingerprint density at radius 1 is 1.00 bits per heavy atom. The molecular formula is C20H25F2NO3. The molecule has 2 aromatic rings. The van der Waals surface area contributed by atoms with E-state index >= 15 is 0 Å². The fraction of sp³-hybridized carbons (Fsp3) is 0.500. The molecule has 0 amide bonds. The molecule has 0 spiro atoms. The zero-order valence-corrected chi connectivity index (χ0v) is 15.1. The molecular weight excluding hydrogens is 340 g/mol. The van der Waals surface area contributed by atoms with E-state index in [1.54, 1.807) is 4.57 Å². The number of benzene rings is 1. The third-order valence-electron chi connectivity index (χ3n) is 4.61. The van der Waals surface area contributed by atoms with E-state index in [1.807, 2.05) is 0 Å². The first-order chi connectivity index (χ1) is 12.5. The second-order valence-electron chi connectivity index (χ2n) is 6.63. The number of fused-ring (bicyclic) bond motifs is 1. The van der Waals surface area contributed by atoms with E-state index < -0.39 is 28.6 Å². The van der Waals surface area contributed by atoms with Crippen molar-refractivity contribution in [2.24, 2.45) is 0 Å². The summed E-state index contributed by atoms with van der Waals surface area (Å²) >= 11 is 0. The summed E-state index contributed by atoms with van der Waals surface area (Å²) in [6.45, 7) is 2.63. The van der Waals surface area contributed by atoms with Crippen LogP contribution < -0.4 is 5.43 Å². The standard InChI is InChI=1S/C20H25F2NO3/c1-2-3-4-5-6-7-8-9-10-23-13-15(20(25)26)19(24)14-11-16(21)17(22)12-18(14)23/h11-13H,2-10H2,1H3,(H,25,26). The van der Waals surface area contributed by atoms with Crippen LogP contribution in [0.2, 0.25) is 0 Å². The molecule has 2 rings (SSSR count). The highest BCUT2D eigenvalue weighted by atomic mass is 19.2. The number of pyridine rings is 1. The first-order valence-electron chi connectivity index (χ1n) is 9.21. The first-order valence-corrected chi connectivity index (χ1v) is 9.21. The number of aromatic nitrogens is 1. The highest BCUT2D eigenvalue weighted by Crippen LogP contribution is 2.18. The van der Waals surface area contributed by atoms with E-state index in [1.165, 1.54) is 31.9 Å². The van der Waals surface area contributed by atoms with E-state index in [-0.39, 0.29) is 10.9 Å². The lowest BCUT2D eigenvalue weighted by Gasteiger charge is -2.13. The summed E-state index contributed by atoms with van der Waals surface area (Å²) in [6, 6.07) is 1.74. The third kappa shape index (κ3) is 4.90. The summed E-state index contributed by atoms with van der Waals surface area (Å²) in [6.07, 6.45) is 10.1. The molecule has 0 unspecified atom stereocenters. The molecule has 26 heavy (non-hydrogen) atoms. The zero-order valence-electron chi connectivity index (χ0n) is 15.1.